The lowest BCUT2D eigenvalue weighted by Gasteiger charge is -2.21. The molecule has 19 heteroatoms. The van der Waals surface area contributed by atoms with Gasteiger partial charge in [-0.1, -0.05) is 29.4 Å². The molecule has 6 rings (SSSR count). The first-order valence-electron chi connectivity index (χ1n) is 16.3. The molecule has 6 aromatic rings. The Hall–Kier alpha value is -6.36. The van der Waals surface area contributed by atoms with Gasteiger partial charge in [-0.15, -0.1) is 0 Å². The van der Waals surface area contributed by atoms with Crippen molar-refractivity contribution in [3.05, 3.63) is 130 Å². The average molecular weight is 778 g/mol. The van der Waals surface area contributed by atoms with Gasteiger partial charge in [0.15, 0.2) is 0 Å². The van der Waals surface area contributed by atoms with Crippen molar-refractivity contribution in [3.63, 3.8) is 0 Å². The zero-order chi connectivity index (χ0) is 40.3. The van der Waals surface area contributed by atoms with E-state index in [-0.39, 0.29) is 27.9 Å². The second-order valence-corrected chi connectivity index (χ2v) is 14.5. The van der Waals surface area contributed by atoms with Crippen molar-refractivity contribution in [1.29, 1.82) is 5.26 Å². The molecule has 0 aliphatic heterocycles. The molecule has 55 heavy (non-hydrogen) atoms. The van der Waals surface area contributed by atoms with Crippen LogP contribution in [0.1, 0.15) is 41.5 Å². The molecule has 15 nitrogen and oxygen atoms in total. The number of hydrogen-bond donors (Lipinski definition) is 1. The highest BCUT2D eigenvalue weighted by molar-refractivity contribution is 7.85. The predicted molar refractivity (Wildman–Crippen MR) is 190 cm³/mol. The molecule has 0 spiro atoms. The number of carbonyl (C=O) groups is 1. The average Bonchev–Trinajstić information content (AvgIpc) is 3.85. The molecule has 3 aromatic heterocycles. The van der Waals surface area contributed by atoms with Crippen LogP contribution in [0.25, 0.3) is 22.8 Å². The normalized spacial score (nSPS) is 12.4. The minimum atomic E-state index is -4.66. The van der Waals surface area contributed by atoms with E-state index < -0.39 is 39.6 Å². The van der Waals surface area contributed by atoms with Gasteiger partial charge >= 0.3 is 17.9 Å². The van der Waals surface area contributed by atoms with Crippen LogP contribution in [0.2, 0.25) is 0 Å². The molecule has 1 amide bonds. The molecule has 1 atom stereocenters. The van der Waals surface area contributed by atoms with Gasteiger partial charge in [0.1, 0.15) is 28.4 Å². The molecule has 0 aliphatic carbocycles. The Morgan fingerprint density at radius 2 is 1.69 bits per heavy atom. The Kier molecular flexibility index (Phi) is 11.3. The molecule has 0 saturated heterocycles. The van der Waals surface area contributed by atoms with Crippen LogP contribution in [0.3, 0.4) is 0 Å². The van der Waals surface area contributed by atoms with E-state index in [4.69, 9.17) is 4.52 Å². The Bertz CT molecular complexity index is 2530. The summed E-state index contributed by atoms with van der Waals surface area (Å²) in [7, 11) is 1.61. The van der Waals surface area contributed by atoms with E-state index in [0.717, 1.165) is 21.3 Å². The number of nitrogens with one attached hydrogen (secondary N) is 1. The van der Waals surface area contributed by atoms with Gasteiger partial charge < -0.3 is 18.9 Å². The highest BCUT2D eigenvalue weighted by atomic mass is 32.2. The summed E-state index contributed by atoms with van der Waals surface area (Å²) in [5, 5.41) is 20.2. The van der Waals surface area contributed by atoms with Gasteiger partial charge in [0.25, 0.3) is 0 Å². The molecule has 0 fully saturated rings. The molecule has 1 N–H and O–H groups in total. The van der Waals surface area contributed by atoms with E-state index >= 15 is 0 Å². The fourth-order valence-corrected chi connectivity index (χ4v) is 5.91. The number of nitriles is 1. The summed E-state index contributed by atoms with van der Waals surface area (Å²) in [6.07, 6.45) is -3.20. The summed E-state index contributed by atoms with van der Waals surface area (Å²) >= 11 is 0. The third kappa shape index (κ3) is 9.24. The van der Waals surface area contributed by atoms with Gasteiger partial charge in [-0.2, -0.15) is 28.5 Å². The van der Waals surface area contributed by atoms with Crippen LogP contribution in [-0.2, 0) is 22.8 Å². The topological polar surface area (TPSA) is 194 Å². The number of rotatable bonds is 8. The van der Waals surface area contributed by atoms with Crippen molar-refractivity contribution in [2.45, 2.75) is 37.5 Å². The lowest BCUT2D eigenvalue weighted by molar-refractivity contribution is -0.884. The summed E-state index contributed by atoms with van der Waals surface area (Å²) < 4.78 is 80.9. The number of imidazole rings is 1. The van der Waals surface area contributed by atoms with Crippen LogP contribution in [0.4, 0.5) is 18.0 Å². The van der Waals surface area contributed by atoms with Crippen LogP contribution in [0.5, 0.6) is 0 Å². The SMILES string of the molecule is Cc1c(-c2ccnn2-c2ccc(C#N)cc2)n(C(=O)NC(C)c2nc(C[N+](C)(C)C)no2)c(=O)n1-c1cccc(C(F)(F)F)c1.O=S(=O)([O-])c1ccccc1. The molecule has 0 radical (unpaired) electrons. The minimum absolute atomic E-state index is 0.0835. The third-order valence-corrected chi connectivity index (χ3v) is 8.74. The number of quaternary nitrogens is 1. The Labute approximate surface area is 312 Å². The molecular formula is C36H34F3N9O6S. The first-order chi connectivity index (χ1) is 25.8. The second-order valence-electron chi connectivity index (χ2n) is 13.2. The van der Waals surface area contributed by atoms with Gasteiger partial charge in [0.05, 0.1) is 72.2 Å². The quantitative estimate of drug-likeness (QED) is 0.159. The molecule has 1 unspecified atom stereocenters. The Balaban J connectivity index is 0.000000504. The predicted octanol–water partition coefficient (Wildman–Crippen LogP) is 5.19. The Morgan fingerprint density at radius 1 is 1.02 bits per heavy atom. The number of alkyl halides is 3. The molecular weight excluding hydrogens is 744 g/mol. The molecule has 0 aliphatic rings. The Morgan fingerprint density at radius 3 is 2.27 bits per heavy atom. The van der Waals surface area contributed by atoms with Gasteiger partial charge in [0, 0.05) is 0 Å². The van der Waals surface area contributed by atoms with Crippen LogP contribution in [0.15, 0.2) is 105 Å². The van der Waals surface area contributed by atoms with Crippen molar-refractivity contribution in [2.75, 3.05) is 21.1 Å². The van der Waals surface area contributed by atoms with Gasteiger partial charge in [-0.05, 0) is 74.5 Å². The second kappa shape index (κ2) is 15.5. The van der Waals surface area contributed by atoms with E-state index in [9.17, 15) is 41.0 Å². The number of nitrogens with zero attached hydrogens (tertiary/aromatic N) is 8. The van der Waals surface area contributed by atoms with Crippen molar-refractivity contribution in [1.82, 2.24) is 34.4 Å². The van der Waals surface area contributed by atoms with E-state index in [0.29, 0.717) is 33.8 Å². The minimum Gasteiger partial charge on any atom is -0.744 e. The lowest BCUT2D eigenvalue weighted by Crippen LogP contribution is -2.38. The van der Waals surface area contributed by atoms with Gasteiger partial charge in [-0.3, -0.25) is 4.57 Å². The maximum absolute atomic E-state index is 14.0. The third-order valence-electron chi connectivity index (χ3n) is 7.89. The highest BCUT2D eigenvalue weighted by Gasteiger charge is 2.32. The summed E-state index contributed by atoms with van der Waals surface area (Å²) in [5.41, 5.74) is -0.456. The van der Waals surface area contributed by atoms with Crippen molar-refractivity contribution >= 4 is 16.1 Å². The molecule has 3 heterocycles. The summed E-state index contributed by atoms with van der Waals surface area (Å²) in [6.45, 7) is 3.59. The summed E-state index contributed by atoms with van der Waals surface area (Å²) in [6, 6.07) is 19.8. The number of amides is 1. The summed E-state index contributed by atoms with van der Waals surface area (Å²) in [4.78, 5) is 32.0. The zero-order valence-corrected chi connectivity index (χ0v) is 30.8. The number of aromatic nitrogens is 6. The molecule has 286 valence electrons. The first-order valence-corrected chi connectivity index (χ1v) is 17.7. The fourth-order valence-electron chi connectivity index (χ4n) is 5.42. The van der Waals surface area contributed by atoms with E-state index in [1.807, 2.05) is 27.2 Å². The van der Waals surface area contributed by atoms with Crippen LogP contribution in [0, 0.1) is 18.3 Å². The van der Waals surface area contributed by atoms with Crippen LogP contribution in [-0.4, -0.2) is 73.7 Å². The molecule has 0 bridgehead atoms. The van der Waals surface area contributed by atoms with E-state index in [1.165, 1.54) is 54.2 Å². The van der Waals surface area contributed by atoms with E-state index in [2.05, 4.69) is 20.6 Å². The smallest absolute Gasteiger partial charge is 0.416 e. The number of benzene rings is 3. The molecule has 0 saturated carbocycles. The van der Waals surface area contributed by atoms with Crippen LogP contribution >= 0.6 is 0 Å². The standard InChI is InChI=1S/C30H28F3N9O3.C6H6O3S/c1-18(27-37-25(38-45-27)17-42(3,4)5)36-28(43)40-26(24-13-14-35-41(24)22-11-9-20(16-34)10-12-22)19(2)39(29(40)44)23-8-6-7-21(15-23)30(31,32)33;7-10(8,9)6-4-2-1-3-5-6/h6-15,18H,17H2,1-5H3;1-5H,(H,7,8,9). The largest absolute Gasteiger partial charge is 0.744 e. The van der Waals surface area contributed by atoms with Gasteiger partial charge in [-0.25, -0.2) is 27.3 Å². The maximum atomic E-state index is 14.0. The zero-order valence-electron chi connectivity index (χ0n) is 30.0. The van der Waals surface area contributed by atoms with Gasteiger partial charge in [0.2, 0.25) is 11.7 Å². The lowest BCUT2D eigenvalue weighted by atomic mass is 10.2. The van der Waals surface area contributed by atoms with Crippen LogP contribution < -0.4 is 11.0 Å². The van der Waals surface area contributed by atoms with Crippen molar-refractivity contribution in [2.24, 2.45) is 0 Å². The van der Waals surface area contributed by atoms with Crippen molar-refractivity contribution < 1.29 is 39.9 Å². The maximum Gasteiger partial charge on any atom is 0.416 e. The fraction of sp³-hybridized carbons (Fsp3) is 0.222. The van der Waals surface area contributed by atoms with E-state index in [1.54, 1.807) is 43.3 Å². The first kappa shape index (κ1) is 39.8. The number of hydrogen-bond acceptors (Lipinski definition) is 10. The molecule has 3 aromatic carbocycles. The highest BCUT2D eigenvalue weighted by Crippen LogP contribution is 2.32. The van der Waals surface area contributed by atoms with Crippen molar-refractivity contribution in [3.8, 4) is 28.8 Å². The monoisotopic (exact) mass is 777 g/mol. The summed E-state index contributed by atoms with van der Waals surface area (Å²) in [5.74, 6) is 0.535. The number of carbonyl (C=O) groups excluding carboxylic acids is 1. The number of halogens is 3.